The van der Waals surface area contributed by atoms with Crippen LogP contribution in [0.4, 0.5) is 5.69 Å². The van der Waals surface area contributed by atoms with Crippen molar-refractivity contribution in [3.8, 4) is 0 Å². The standard InChI is InChI=1S/C27H21ClN2O3/c28-24-11-5-3-9-22(24)26-21-8-2-1-7-19(21)17-29(25-12-6-4-10-23(25)26)27(31)18-13-15-20(16-14-18)30(32)33/h1-3,5,7-16,26H,4,6,17H2. The third-order valence-corrected chi connectivity index (χ3v) is 6.59. The molecule has 1 atom stereocenters. The van der Waals surface area contributed by atoms with Gasteiger partial charge in [0.05, 0.1) is 11.5 Å². The van der Waals surface area contributed by atoms with Crippen LogP contribution in [-0.4, -0.2) is 15.7 Å². The normalized spacial score (nSPS) is 17.2. The van der Waals surface area contributed by atoms with Crippen molar-refractivity contribution in [1.82, 2.24) is 4.90 Å². The molecule has 6 heteroatoms. The van der Waals surface area contributed by atoms with E-state index in [1.54, 1.807) is 4.90 Å². The third kappa shape index (κ3) is 3.85. The number of allylic oxidation sites excluding steroid dienone is 3. The highest BCUT2D eigenvalue weighted by Gasteiger charge is 2.35. The van der Waals surface area contributed by atoms with Crippen LogP contribution in [0.25, 0.3) is 0 Å². The Morgan fingerprint density at radius 1 is 0.909 bits per heavy atom. The molecule has 1 aliphatic heterocycles. The van der Waals surface area contributed by atoms with Crippen LogP contribution in [0.5, 0.6) is 0 Å². The smallest absolute Gasteiger partial charge is 0.269 e. The van der Waals surface area contributed by atoms with Gasteiger partial charge in [-0.25, -0.2) is 0 Å². The zero-order chi connectivity index (χ0) is 22.9. The zero-order valence-electron chi connectivity index (χ0n) is 17.8. The summed E-state index contributed by atoms with van der Waals surface area (Å²) in [5.41, 5.74) is 5.51. The van der Waals surface area contributed by atoms with Crippen molar-refractivity contribution >= 4 is 23.2 Å². The van der Waals surface area contributed by atoms with Crippen LogP contribution in [0.1, 0.15) is 45.8 Å². The van der Waals surface area contributed by atoms with E-state index in [0.717, 1.165) is 40.8 Å². The van der Waals surface area contributed by atoms with Crippen molar-refractivity contribution in [2.75, 3.05) is 0 Å². The van der Waals surface area contributed by atoms with Crippen molar-refractivity contribution in [3.05, 3.63) is 134 Å². The van der Waals surface area contributed by atoms with Crippen molar-refractivity contribution < 1.29 is 9.72 Å². The molecule has 0 spiro atoms. The maximum atomic E-state index is 13.7. The Morgan fingerprint density at radius 2 is 1.58 bits per heavy atom. The first kappa shape index (κ1) is 21.2. The molecule has 164 valence electrons. The van der Waals surface area contributed by atoms with Gasteiger partial charge in [0.1, 0.15) is 0 Å². The second kappa shape index (κ2) is 8.68. The van der Waals surface area contributed by atoms with E-state index in [1.807, 2.05) is 42.5 Å². The number of carbonyl (C=O) groups excluding carboxylic acids is 1. The van der Waals surface area contributed by atoms with E-state index in [1.165, 1.54) is 24.3 Å². The maximum absolute atomic E-state index is 13.7. The summed E-state index contributed by atoms with van der Waals surface area (Å²) in [6, 6.07) is 21.8. The van der Waals surface area contributed by atoms with Crippen LogP contribution in [0, 0.1) is 10.1 Å². The van der Waals surface area contributed by atoms with Crippen LogP contribution in [-0.2, 0) is 6.54 Å². The van der Waals surface area contributed by atoms with Gasteiger partial charge in [-0.2, -0.15) is 0 Å². The van der Waals surface area contributed by atoms with E-state index < -0.39 is 4.92 Å². The fourth-order valence-corrected chi connectivity index (χ4v) is 4.95. The summed E-state index contributed by atoms with van der Waals surface area (Å²) in [6.45, 7) is 0.413. The molecule has 1 amide bonds. The van der Waals surface area contributed by atoms with E-state index in [0.29, 0.717) is 17.1 Å². The highest BCUT2D eigenvalue weighted by molar-refractivity contribution is 6.31. The van der Waals surface area contributed by atoms with Gasteiger partial charge in [-0.05, 0) is 53.3 Å². The van der Waals surface area contributed by atoms with E-state index in [-0.39, 0.29) is 17.5 Å². The summed E-state index contributed by atoms with van der Waals surface area (Å²) in [5.74, 6) is -0.269. The molecule has 0 aromatic heterocycles. The quantitative estimate of drug-likeness (QED) is 0.328. The lowest BCUT2D eigenvalue weighted by atomic mass is 9.80. The Labute approximate surface area is 196 Å². The molecule has 1 heterocycles. The van der Waals surface area contributed by atoms with E-state index >= 15 is 0 Å². The number of rotatable bonds is 3. The topological polar surface area (TPSA) is 63.4 Å². The summed E-state index contributed by atoms with van der Waals surface area (Å²) in [5, 5.41) is 11.7. The Hall–Kier alpha value is -3.70. The molecule has 0 saturated heterocycles. The molecule has 3 aromatic rings. The Balaban J connectivity index is 1.64. The molecular weight excluding hydrogens is 436 g/mol. The molecule has 0 saturated carbocycles. The van der Waals surface area contributed by atoms with Gasteiger partial charge < -0.3 is 4.90 Å². The SMILES string of the molecule is O=C(c1ccc([N+](=O)[O-])cc1)N1Cc2ccccc2C(c2ccccc2Cl)C2=CCCC=C21. The number of amides is 1. The predicted molar refractivity (Wildman–Crippen MR) is 128 cm³/mol. The highest BCUT2D eigenvalue weighted by Crippen LogP contribution is 2.45. The van der Waals surface area contributed by atoms with Crippen LogP contribution in [0.2, 0.25) is 5.02 Å². The number of fused-ring (bicyclic) bond motifs is 2. The molecule has 1 aliphatic carbocycles. The molecule has 0 bridgehead atoms. The van der Waals surface area contributed by atoms with Gasteiger partial charge in [-0.3, -0.25) is 14.9 Å². The lowest BCUT2D eigenvalue weighted by Gasteiger charge is -2.29. The van der Waals surface area contributed by atoms with Crippen molar-refractivity contribution in [2.24, 2.45) is 0 Å². The number of nitrogens with zero attached hydrogens (tertiary/aromatic N) is 2. The molecule has 33 heavy (non-hydrogen) atoms. The number of carbonyl (C=O) groups is 1. The minimum atomic E-state index is -0.463. The monoisotopic (exact) mass is 456 g/mol. The molecular formula is C27H21ClN2O3. The number of benzene rings is 3. The summed E-state index contributed by atoms with van der Waals surface area (Å²) in [4.78, 5) is 26.0. The molecule has 5 nitrogen and oxygen atoms in total. The molecule has 3 aromatic carbocycles. The Kier molecular flexibility index (Phi) is 5.56. The molecule has 2 aliphatic rings. The molecule has 1 unspecified atom stereocenters. The van der Waals surface area contributed by atoms with Gasteiger partial charge >= 0.3 is 0 Å². The number of halogens is 1. The Bertz CT molecular complexity index is 1310. The Morgan fingerprint density at radius 3 is 2.30 bits per heavy atom. The first-order valence-corrected chi connectivity index (χ1v) is 11.2. The largest absolute Gasteiger partial charge is 0.304 e. The van der Waals surface area contributed by atoms with Crippen LogP contribution in [0.3, 0.4) is 0 Å². The first-order valence-electron chi connectivity index (χ1n) is 10.8. The maximum Gasteiger partial charge on any atom is 0.269 e. The van der Waals surface area contributed by atoms with Gasteiger partial charge in [-0.1, -0.05) is 66.2 Å². The fraction of sp³-hybridized carbons (Fsp3) is 0.148. The minimum absolute atomic E-state index is 0.0380. The average molecular weight is 457 g/mol. The van der Waals surface area contributed by atoms with Crippen LogP contribution >= 0.6 is 11.6 Å². The summed E-state index contributed by atoms with van der Waals surface area (Å²) >= 11 is 6.66. The zero-order valence-corrected chi connectivity index (χ0v) is 18.5. The number of hydrogen-bond acceptors (Lipinski definition) is 3. The molecule has 5 rings (SSSR count). The van der Waals surface area contributed by atoms with Crippen LogP contribution < -0.4 is 0 Å². The molecule has 0 radical (unpaired) electrons. The van der Waals surface area contributed by atoms with E-state index in [9.17, 15) is 14.9 Å². The average Bonchev–Trinajstić information content (AvgIpc) is 2.99. The third-order valence-electron chi connectivity index (χ3n) is 6.25. The number of nitro benzene ring substituents is 1. The van der Waals surface area contributed by atoms with Crippen molar-refractivity contribution in [3.63, 3.8) is 0 Å². The van der Waals surface area contributed by atoms with Crippen molar-refractivity contribution in [1.29, 1.82) is 0 Å². The summed E-state index contributed by atoms with van der Waals surface area (Å²) < 4.78 is 0. The summed E-state index contributed by atoms with van der Waals surface area (Å²) in [7, 11) is 0. The molecule has 0 fully saturated rings. The molecule has 0 N–H and O–H groups in total. The highest BCUT2D eigenvalue weighted by atomic mass is 35.5. The van der Waals surface area contributed by atoms with E-state index in [4.69, 9.17) is 11.6 Å². The van der Waals surface area contributed by atoms with E-state index in [2.05, 4.69) is 18.2 Å². The van der Waals surface area contributed by atoms with Crippen molar-refractivity contribution in [2.45, 2.75) is 25.3 Å². The number of non-ortho nitro benzene ring substituents is 1. The lowest BCUT2D eigenvalue weighted by molar-refractivity contribution is -0.384. The lowest BCUT2D eigenvalue weighted by Crippen LogP contribution is -2.30. The number of hydrogen-bond donors (Lipinski definition) is 0. The first-order chi connectivity index (χ1) is 16.0. The minimum Gasteiger partial charge on any atom is -0.304 e. The van der Waals surface area contributed by atoms with Gasteiger partial charge in [0.25, 0.3) is 11.6 Å². The van der Waals surface area contributed by atoms with Gasteiger partial charge in [0.15, 0.2) is 0 Å². The van der Waals surface area contributed by atoms with Gasteiger partial charge in [0.2, 0.25) is 0 Å². The number of nitro groups is 1. The fourth-order valence-electron chi connectivity index (χ4n) is 4.70. The van der Waals surface area contributed by atoms with Gasteiger partial charge in [-0.15, -0.1) is 0 Å². The second-order valence-electron chi connectivity index (χ2n) is 8.17. The second-order valence-corrected chi connectivity index (χ2v) is 8.58. The predicted octanol–water partition coefficient (Wildman–Crippen LogP) is 6.64. The van der Waals surface area contributed by atoms with Crippen LogP contribution in [0.15, 0.2) is 96.2 Å². The van der Waals surface area contributed by atoms with Gasteiger partial charge in [0, 0.05) is 34.3 Å². The summed E-state index contributed by atoms with van der Waals surface area (Å²) in [6.07, 6.45) is 6.06.